The monoisotopic (exact) mass is 124 g/mol. The fourth-order valence-electron chi connectivity index (χ4n) is 3.29. The van der Waals surface area contributed by atoms with E-state index in [0.29, 0.717) is 0 Å². The quantitative estimate of drug-likeness (QED) is 0.465. The highest BCUT2D eigenvalue weighted by Crippen LogP contribution is 2.77. The van der Waals surface area contributed by atoms with E-state index >= 15 is 0 Å². The molecule has 0 nitrogen and oxygen atoms in total. The molecule has 2 aliphatic rings. The minimum atomic E-state index is 0.777. The Bertz CT molecular complexity index is 137. The van der Waals surface area contributed by atoms with Gasteiger partial charge in [-0.2, -0.15) is 0 Å². The van der Waals surface area contributed by atoms with E-state index in [-0.39, 0.29) is 0 Å². The molecule has 2 unspecified atom stereocenters. The number of hydrogen-bond donors (Lipinski definition) is 0. The first-order valence-electron chi connectivity index (χ1n) is 4.10. The Labute approximate surface area is 57.6 Å². The van der Waals surface area contributed by atoms with Crippen molar-refractivity contribution < 1.29 is 0 Å². The van der Waals surface area contributed by atoms with Crippen molar-refractivity contribution in [2.45, 2.75) is 27.7 Å². The van der Waals surface area contributed by atoms with Crippen LogP contribution in [0.5, 0.6) is 0 Å². The van der Waals surface area contributed by atoms with Gasteiger partial charge in [0.15, 0.2) is 0 Å². The summed E-state index contributed by atoms with van der Waals surface area (Å²) in [6, 6.07) is 0. The summed E-state index contributed by atoms with van der Waals surface area (Å²) in [6.07, 6.45) is 0. The van der Waals surface area contributed by atoms with Crippen molar-refractivity contribution in [3.8, 4) is 0 Å². The van der Waals surface area contributed by atoms with Gasteiger partial charge in [0.1, 0.15) is 0 Å². The Morgan fingerprint density at radius 1 is 1.00 bits per heavy atom. The number of fused-ring (bicyclic) bond motifs is 1. The van der Waals surface area contributed by atoms with Crippen molar-refractivity contribution in [3.63, 3.8) is 0 Å². The molecule has 2 saturated carbocycles. The van der Waals surface area contributed by atoms with Crippen LogP contribution >= 0.6 is 0 Å². The lowest BCUT2D eigenvalue weighted by Gasteiger charge is -2.37. The van der Waals surface area contributed by atoms with Crippen LogP contribution < -0.4 is 0 Å². The smallest absolute Gasteiger partial charge is 0.0235 e. The third-order valence-electron chi connectivity index (χ3n) is 4.47. The lowest BCUT2D eigenvalue weighted by molar-refractivity contribution is 0.105. The molecule has 0 bridgehead atoms. The van der Waals surface area contributed by atoms with E-state index in [1.54, 1.807) is 0 Å². The predicted octanol–water partition coefficient (Wildman–Crippen LogP) is 2.54. The average Bonchev–Trinajstić information content (AvgIpc) is 2.33. The van der Waals surface area contributed by atoms with Crippen molar-refractivity contribution in [3.05, 3.63) is 0 Å². The lowest BCUT2D eigenvalue weighted by Crippen LogP contribution is -2.32. The van der Waals surface area contributed by atoms with Crippen LogP contribution in [0.1, 0.15) is 27.7 Å². The van der Waals surface area contributed by atoms with Crippen LogP contribution in [0, 0.1) is 29.1 Å². The molecule has 0 heteroatoms. The minimum Gasteiger partial charge on any atom is -0.0619 e. The van der Waals surface area contributed by atoms with E-state index < -0.39 is 0 Å². The summed E-state index contributed by atoms with van der Waals surface area (Å²) in [4.78, 5) is 0. The van der Waals surface area contributed by atoms with Gasteiger partial charge in [0.2, 0.25) is 0 Å². The first kappa shape index (κ1) is 5.76. The van der Waals surface area contributed by atoms with E-state index in [9.17, 15) is 0 Å². The second kappa shape index (κ2) is 1.21. The zero-order chi connectivity index (χ0) is 6.81. The first-order valence-corrected chi connectivity index (χ1v) is 4.10. The molecule has 0 aromatic heterocycles. The van der Waals surface area contributed by atoms with Crippen molar-refractivity contribution in [2.24, 2.45) is 29.1 Å². The topological polar surface area (TPSA) is 0 Å². The SMILES string of the molecule is CC1C2[C@H](C)[C@@H](C)[C@]12C. The molecule has 0 spiro atoms. The molecule has 2 rings (SSSR count). The van der Waals surface area contributed by atoms with Crippen molar-refractivity contribution in [1.82, 2.24) is 0 Å². The van der Waals surface area contributed by atoms with Crippen LogP contribution in [0.25, 0.3) is 0 Å². The highest BCUT2D eigenvalue weighted by Gasteiger charge is 2.72. The van der Waals surface area contributed by atoms with Crippen molar-refractivity contribution >= 4 is 0 Å². The average molecular weight is 124 g/mol. The minimum absolute atomic E-state index is 0.777. The highest BCUT2D eigenvalue weighted by molar-refractivity contribution is 5.19. The zero-order valence-corrected chi connectivity index (χ0v) is 6.81. The molecule has 52 valence electrons. The highest BCUT2D eigenvalue weighted by atomic mass is 14.8. The third-order valence-corrected chi connectivity index (χ3v) is 4.47. The molecule has 0 aromatic carbocycles. The van der Waals surface area contributed by atoms with Crippen LogP contribution in [-0.2, 0) is 0 Å². The summed E-state index contributed by atoms with van der Waals surface area (Å²) in [5.41, 5.74) is 0.777. The van der Waals surface area contributed by atoms with Gasteiger partial charge < -0.3 is 0 Å². The summed E-state index contributed by atoms with van der Waals surface area (Å²) in [5, 5.41) is 0. The van der Waals surface area contributed by atoms with E-state index in [0.717, 1.165) is 29.1 Å². The molecule has 0 amide bonds. The fraction of sp³-hybridized carbons (Fsp3) is 1.00. The Morgan fingerprint density at radius 2 is 1.56 bits per heavy atom. The maximum Gasteiger partial charge on any atom is -0.0235 e. The van der Waals surface area contributed by atoms with Crippen molar-refractivity contribution in [2.75, 3.05) is 0 Å². The van der Waals surface area contributed by atoms with Gasteiger partial charge in [0, 0.05) is 0 Å². The molecule has 0 aromatic rings. The predicted molar refractivity (Wildman–Crippen MR) is 39.1 cm³/mol. The maximum atomic E-state index is 2.45. The van der Waals surface area contributed by atoms with E-state index in [1.807, 2.05) is 0 Å². The Kier molecular flexibility index (Phi) is 0.774. The van der Waals surface area contributed by atoms with Crippen LogP contribution in [-0.4, -0.2) is 0 Å². The Morgan fingerprint density at radius 3 is 1.67 bits per heavy atom. The molecule has 0 heterocycles. The van der Waals surface area contributed by atoms with Gasteiger partial charge in [0.05, 0.1) is 0 Å². The van der Waals surface area contributed by atoms with Crippen LogP contribution in [0.2, 0.25) is 0 Å². The summed E-state index contributed by atoms with van der Waals surface area (Å²) >= 11 is 0. The van der Waals surface area contributed by atoms with Crippen LogP contribution in [0.3, 0.4) is 0 Å². The summed E-state index contributed by atoms with van der Waals surface area (Å²) < 4.78 is 0. The summed E-state index contributed by atoms with van der Waals surface area (Å²) in [6.45, 7) is 9.67. The molecule has 0 aliphatic heterocycles. The normalized spacial score (nSPS) is 70.7. The first-order chi connectivity index (χ1) is 4.10. The molecule has 2 fully saturated rings. The molecular formula is C9H16. The molecule has 2 aliphatic carbocycles. The maximum absolute atomic E-state index is 2.45. The lowest BCUT2D eigenvalue weighted by atomic mass is 9.67. The van der Waals surface area contributed by atoms with Gasteiger partial charge in [-0.05, 0) is 29.1 Å². The summed E-state index contributed by atoms with van der Waals surface area (Å²) in [7, 11) is 0. The largest absolute Gasteiger partial charge is 0.0619 e. The second-order valence-corrected chi connectivity index (χ2v) is 4.33. The Balaban J connectivity index is 2.19. The van der Waals surface area contributed by atoms with Crippen LogP contribution in [0.4, 0.5) is 0 Å². The van der Waals surface area contributed by atoms with Gasteiger partial charge in [-0.3, -0.25) is 0 Å². The molecule has 0 saturated heterocycles. The third kappa shape index (κ3) is 0.367. The molecular weight excluding hydrogens is 108 g/mol. The standard InChI is InChI=1S/C9H16/c1-5-6(2)9(4)7(3)8(5)9/h5-8H,1-4H3/t5-,6-,7?,8?,9-/m1/s1. The number of rotatable bonds is 0. The second-order valence-electron chi connectivity index (χ2n) is 4.33. The van der Waals surface area contributed by atoms with Crippen molar-refractivity contribution in [1.29, 1.82) is 0 Å². The molecule has 9 heavy (non-hydrogen) atoms. The zero-order valence-electron chi connectivity index (χ0n) is 6.81. The van der Waals surface area contributed by atoms with E-state index in [1.165, 1.54) is 0 Å². The number of hydrogen-bond acceptors (Lipinski definition) is 0. The van der Waals surface area contributed by atoms with Gasteiger partial charge in [0.25, 0.3) is 0 Å². The van der Waals surface area contributed by atoms with Gasteiger partial charge in [-0.25, -0.2) is 0 Å². The van der Waals surface area contributed by atoms with E-state index in [2.05, 4.69) is 27.7 Å². The van der Waals surface area contributed by atoms with E-state index in [4.69, 9.17) is 0 Å². The molecule has 0 N–H and O–H groups in total. The van der Waals surface area contributed by atoms with Gasteiger partial charge in [-0.1, -0.05) is 27.7 Å². The summed E-state index contributed by atoms with van der Waals surface area (Å²) in [5.74, 6) is 4.14. The molecule has 0 radical (unpaired) electrons. The fourth-order valence-corrected chi connectivity index (χ4v) is 3.29. The van der Waals surface area contributed by atoms with Crippen LogP contribution in [0.15, 0.2) is 0 Å². The van der Waals surface area contributed by atoms with Gasteiger partial charge >= 0.3 is 0 Å². The Hall–Kier alpha value is 0. The van der Waals surface area contributed by atoms with Gasteiger partial charge in [-0.15, -0.1) is 0 Å². The molecule has 5 atom stereocenters.